The van der Waals surface area contributed by atoms with Gasteiger partial charge in [-0.15, -0.1) is 0 Å². The number of carbonyl (C=O) groups is 1. The minimum absolute atomic E-state index is 0.173. The number of rotatable bonds is 6. The summed E-state index contributed by atoms with van der Waals surface area (Å²) in [6.07, 6.45) is -1.000. The average Bonchev–Trinajstić information content (AvgIpc) is 2.68. The van der Waals surface area contributed by atoms with E-state index in [2.05, 4.69) is 15.6 Å². The van der Waals surface area contributed by atoms with Crippen molar-refractivity contribution in [3.63, 3.8) is 0 Å². The number of benzene rings is 2. The third-order valence-electron chi connectivity index (χ3n) is 4.20. The molecule has 0 fully saturated rings. The molecule has 0 aliphatic heterocycles. The zero-order valence-corrected chi connectivity index (χ0v) is 16.7. The van der Waals surface area contributed by atoms with Crippen LogP contribution >= 0.6 is 11.6 Å². The monoisotopic (exact) mass is 416 g/mol. The number of hydrogen-bond donors (Lipinski definition) is 3. The summed E-state index contributed by atoms with van der Waals surface area (Å²) in [4.78, 5) is 29.6. The molecule has 152 valence electrons. The molecule has 0 radical (unpaired) electrons. The highest BCUT2D eigenvalue weighted by molar-refractivity contribution is 6.35. The van der Waals surface area contributed by atoms with Crippen molar-refractivity contribution in [2.24, 2.45) is 0 Å². The number of nitrogens with zero attached hydrogens (tertiary/aromatic N) is 2. The Bertz CT molecular complexity index is 1100. The molecule has 3 N–H and O–H groups in total. The fraction of sp³-hybridized carbons (Fsp3) is 0.250. The van der Waals surface area contributed by atoms with Crippen molar-refractivity contribution in [3.05, 3.63) is 63.7 Å². The normalized spacial score (nSPS) is 12.0. The number of hydrogen-bond acceptors (Lipinski definition) is 5. The number of nitrogens with one attached hydrogen (secondary N) is 2. The topological polar surface area (TPSA) is 105 Å². The second kappa shape index (κ2) is 9.04. The lowest BCUT2D eigenvalue weighted by Gasteiger charge is -2.16. The van der Waals surface area contributed by atoms with Gasteiger partial charge in [-0.1, -0.05) is 23.7 Å². The SMILES string of the molecule is COCCNC(=O)Nc1cccc(-n2c(C(C)O)nc3cccc(Cl)c3c2=O)c1. The van der Waals surface area contributed by atoms with E-state index in [1.54, 1.807) is 49.6 Å². The molecule has 0 aliphatic carbocycles. The first-order valence-electron chi connectivity index (χ1n) is 8.96. The molecule has 2 aromatic carbocycles. The van der Waals surface area contributed by atoms with Crippen LogP contribution in [-0.2, 0) is 4.74 Å². The number of halogens is 1. The lowest BCUT2D eigenvalue weighted by molar-refractivity contribution is 0.186. The molecule has 0 saturated heterocycles. The summed E-state index contributed by atoms with van der Waals surface area (Å²) >= 11 is 6.22. The highest BCUT2D eigenvalue weighted by atomic mass is 35.5. The van der Waals surface area contributed by atoms with Crippen molar-refractivity contribution in [1.29, 1.82) is 0 Å². The summed E-state index contributed by atoms with van der Waals surface area (Å²) in [5.41, 5.74) is 0.912. The van der Waals surface area contributed by atoms with Gasteiger partial charge in [0.2, 0.25) is 0 Å². The molecule has 0 bridgehead atoms. The summed E-state index contributed by atoms with van der Waals surface area (Å²) in [5, 5.41) is 16.1. The van der Waals surface area contributed by atoms with Gasteiger partial charge < -0.3 is 20.5 Å². The Hall–Kier alpha value is -2.94. The molecule has 2 amide bonds. The first kappa shape index (κ1) is 20.8. The molecule has 0 saturated carbocycles. The second-order valence-corrected chi connectivity index (χ2v) is 6.75. The third kappa shape index (κ3) is 4.56. The Kier molecular flexibility index (Phi) is 6.48. The Morgan fingerprint density at radius 3 is 2.79 bits per heavy atom. The van der Waals surface area contributed by atoms with Gasteiger partial charge in [0.15, 0.2) is 0 Å². The molecule has 1 atom stereocenters. The van der Waals surface area contributed by atoms with E-state index in [0.717, 1.165) is 0 Å². The average molecular weight is 417 g/mol. The standard InChI is InChI=1S/C20H21ClN4O4/c1-12(26)18-24-16-8-4-7-15(21)17(16)19(27)25(18)14-6-3-5-13(11-14)23-20(28)22-9-10-29-2/h3-8,11-12,26H,9-10H2,1-2H3,(H2,22,23,28). The quantitative estimate of drug-likeness (QED) is 0.536. The fourth-order valence-corrected chi connectivity index (χ4v) is 3.15. The van der Waals surface area contributed by atoms with Crippen LogP contribution in [0.1, 0.15) is 18.9 Å². The van der Waals surface area contributed by atoms with Crippen LogP contribution in [0.25, 0.3) is 16.6 Å². The molecule has 0 aliphatic rings. The maximum absolute atomic E-state index is 13.2. The van der Waals surface area contributed by atoms with E-state index in [0.29, 0.717) is 30.0 Å². The number of urea groups is 1. The van der Waals surface area contributed by atoms with Crippen molar-refractivity contribution in [1.82, 2.24) is 14.9 Å². The number of methoxy groups -OCH3 is 1. The predicted molar refractivity (Wildman–Crippen MR) is 112 cm³/mol. The second-order valence-electron chi connectivity index (χ2n) is 6.34. The first-order chi connectivity index (χ1) is 13.9. The van der Waals surface area contributed by atoms with Gasteiger partial charge in [-0.25, -0.2) is 9.78 Å². The smallest absolute Gasteiger partial charge is 0.319 e. The van der Waals surface area contributed by atoms with Crippen LogP contribution in [0.4, 0.5) is 10.5 Å². The molecule has 1 unspecified atom stereocenters. The summed E-state index contributed by atoms with van der Waals surface area (Å²) in [6.45, 7) is 2.28. The van der Waals surface area contributed by atoms with Gasteiger partial charge in [-0.3, -0.25) is 9.36 Å². The number of aliphatic hydroxyl groups is 1. The summed E-state index contributed by atoms with van der Waals surface area (Å²) in [7, 11) is 1.55. The van der Waals surface area contributed by atoms with Gasteiger partial charge in [0.25, 0.3) is 5.56 Å². The Balaban J connectivity index is 2.05. The van der Waals surface area contributed by atoms with E-state index in [1.807, 2.05) is 0 Å². The zero-order chi connectivity index (χ0) is 21.0. The van der Waals surface area contributed by atoms with Gasteiger partial charge in [-0.05, 0) is 37.3 Å². The van der Waals surface area contributed by atoms with Gasteiger partial charge in [0.1, 0.15) is 11.9 Å². The van der Waals surface area contributed by atoms with Crippen molar-refractivity contribution in [2.45, 2.75) is 13.0 Å². The number of ether oxygens (including phenoxy) is 1. The van der Waals surface area contributed by atoms with Gasteiger partial charge >= 0.3 is 6.03 Å². The lowest BCUT2D eigenvalue weighted by atomic mass is 10.2. The van der Waals surface area contributed by atoms with E-state index < -0.39 is 17.7 Å². The summed E-state index contributed by atoms with van der Waals surface area (Å²) < 4.78 is 6.19. The van der Waals surface area contributed by atoms with E-state index in [1.165, 1.54) is 11.5 Å². The van der Waals surface area contributed by atoms with Gasteiger partial charge in [0.05, 0.1) is 28.2 Å². The predicted octanol–water partition coefficient (Wildman–Crippen LogP) is 2.86. The maximum Gasteiger partial charge on any atom is 0.319 e. The fourth-order valence-electron chi connectivity index (χ4n) is 2.90. The van der Waals surface area contributed by atoms with Crippen molar-refractivity contribution < 1.29 is 14.6 Å². The van der Waals surface area contributed by atoms with E-state index >= 15 is 0 Å². The molecule has 9 heteroatoms. The van der Waals surface area contributed by atoms with Crippen LogP contribution in [0.5, 0.6) is 0 Å². The highest BCUT2D eigenvalue weighted by Gasteiger charge is 2.18. The molecular formula is C20H21ClN4O4. The Morgan fingerprint density at radius 1 is 1.31 bits per heavy atom. The molecule has 29 heavy (non-hydrogen) atoms. The molecule has 3 rings (SSSR count). The number of aliphatic hydroxyl groups excluding tert-OH is 1. The molecule has 1 heterocycles. The highest BCUT2D eigenvalue weighted by Crippen LogP contribution is 2.23. The van der Waals surface area contributed by atoms with Crippen LogP contribution in [-0.4, -0.2) is 41.0 Å². The van der Waals surface area contributed by atoms with E-state index in [9.17, 15) is 14.7 Å². The molecule has 0 spiro atoms. The van der Waals surface area contributed by atoms with Gasteiger partial charge in [-0.2, -0.15) is 0 Å². The third-order valence-corrected chi connectivity index (χ3v) is 4.52. The maximum atomic E-state index is 13.2. The van der Waals surface area contributed by atoms with Crippen LogP contribution in [0.2, 0.25) is 5.02 Å². The minimum Gasteiger partial charge on any atom is -0.385 e. The molecule has 3 aromatic rings. The van der Waals surface area contributed by atoms with Gasteiger partial charge in [0, 0.05) is 19.3 Å². The largest absolute Gasteiger partial charge is 0.385 e. The van der Waals surface area contributed by atoms with E-state index in [4.69, 9.17) is 16.3 Å². The summed E-state index contributed by atoms with van der Waals surface area (Å²) in [6, 6.07) is 11.3. The minimum atomic E-state index is -1.000. The Labute approximate surface area is 172 Å². The summed E-state index contributed by atoms with van der Waals surface area (Å²) in [5.74, 6) is 0.173. The van der Waals surface area contributed by atoms with E-state index in [-0.39, 0.29) is 16.2 Å². The number of fused-ring (bicyclic) bond motifs is 1. The van der Waals surface area contributed by atoms with Crippen molar-refractivity contribution >= 4 is 34.2 Å². The number of amides is 2. The number of anilines is 1. The Morgan fingerprint density at radius 2 is 2.07 bits per heavy atom. The van der Waals surface area contributed by atoms with Crippen LogP contribution in [0.3, 0.4) is 0 Å². The van der Waals surface area contributed by atoms with Crippen LogP contribution in [0, 0.1) is 0 Å². The van der Waals surface area contributed by atoms with Crippen LogP contribution < -0.4 is 16.2 Å². The lowest BCUT2D eigenvalue weighted by Crippen LogP contribution is -2.31. The van der Waals surface area contributed by atoms with Crippen LogP contribution in [0.15, 0.2) is 47.3 Å². The molecular weight excluding hydrogens is 396 g/mol. The zero-order valence-electron chi connectivity index (χ0n) is 16.0. The number of carbonyl (C=O) groups excluding carboxylic acids is 1. The van der Waals surface area contributed by atoms with Crippen molar-refractivity contribution in [2.75, 3.05) is 25.6 Å². The molecule has 1 aromatic heterocycles. The first-order valence-corrected chi connectivity index (χ1v) is 9.33. The number of aromatic nitrogens is 2. The molecule has 8 nitrogen and oxygen atoms in total. The van der Waals surface area contributed by atoms with Crippen molar-refractivity contribution in [3.8, 4) is 5.69 Å².